The number of hydrogen-bond donors (Lipinski definition) is 1. The van der Waals surface area contributed by atoms with E-state index < -0.39 is 0 Å². The first-order valence-corrected chi connectivity index (χ1v) is 5.94. The van der Waals surface area contributed by atoms with Crippen molar-refractivity contribution in [1.29, 1.82) is 0 Å². The van der Waals surface area contributed by atoms with Crippen LogP contribution in [-0.2, 0) is 13.0 Å². The summed E-state index contributed by atoms with van der Waals surface area (Å²) in [7, 11) is 2.05. The average molecular weight is 207 g/mol. The molecular weight excluding hydrogens is 186 g/mol. The minimum Gasteiger partial charge on any atom is -0.319 e. The predicted molar refractivity (Wildman–Crippen MR) is 61.8 cm³/mol. The molecule has 0 radical (unpaired) electrons. The number of hydrogen-bond acceptors (Lipinski definition) is 2. The van der Waals surface area contributed by atoms with Crippen molar-refractivity contribution < 1.29 is 0 Å². The van der Waals surface area contributed by atoms with Gasteiger partial charge in [-0.2, -0.15) is 5.10 Å². The fourth-order valence-electron chi connectivity index (χ4n) is 2.57. The van der Waals surface area contributed by atoms with Gasteiger partial charge in [-0.05, 0) is 44.2 Å². The molecule has 0 bridgehead atoms. The molecule has 1 aromatic heterocycles. The van der Waals surface area contributed by atoms with Gasteiger partial charge in [0.15, 0.2) is 0 Å². The van der Waals surface area contributed by atoms with E-state index in [2.05, 4.69) is 30.6 Å². The van der Waals surface area contributed by atoms with Gasteiger partial charge in [-0.1, -0.05) is 6.42 Å². The topological polar surface area (TPSA) is 29.9 Å². The summed E-state index contributed by atoms with van der Waals surface area (Å²) >= 11 is 0. The summed E-state index contributed by atoms with van der Waals surface area (Å²) in [6.07, 6.45) is 9.53. The molecule has 1 heterocycles. The molecule has 0 spiro atoms. The lowest BCUT2D eigenvalue weighted by Gasteiger charge is -2.41. The largest absolute Gasteiger partial charge is 0.319 e. The van der Waals surface area contributed by atoms with Gasteiger partial charge in [0.05, 0.1) is 6.20 Å². The third-order valence-corrected chi connectivity index (χ3v) is 3.56. The van der Waals surface area contributed by atoms with E-state index in [9.17, 15) is 0 Å². The van der Waals surface area contributed by atoms with Gasteiger partial charge < -0.3 is 5.32 Å². The Labute approximate surface area is 91.9 Å². The number of aryl methyl sites for hydroxylation is 1. The van der Waals surface area contributed by atoms with Gasteiger partial charge in [-0.3, -0.25) is 4.68 Å². The van der Waals surface area contributed by atoms with Crippen LogP contribution in [0.4, 0.5) is 0 Å². The van der Waals surface area contributed by atoms with Gasteiger partial charge >= 0.3 is 0 Å². The molecule has 0 unspecified atom stereocenters. The normalized spacial score (nSPS) is 18.8. The summed E-state index contributed by atoms with van der Waals surface area (Å²) in [5.41, 5.74) is 1.92. The maximum Gasteiger partial charge on any atom is 0.0521 e. The second kappa shape index (κ2) is 4.35. The summed E-state index contributed by atoms with van der Waals surface area (Å²) in [4.78, 5) is 0. The van der Waals surface area contributed by atoms with Crippen LogP contribution in [0, 0.1) is 5.41 Å². The van der Waals surface area contributed by atoms with Crippen LogP contribution in [0.25, 0.3) is 0 Å². The fraction of sp³-hybridized carbons (Fsp3) is 0.750. The molecule has 0 aliphatic heterocycles. The van der Waals surface area contributed by atoms with E-state index in [4.69, 9.17) is 0 Å². The highest BCUT2D eigenvalue weighted by Gasteiger charge is 2.36. The SMILES string of the molecule is CCn1cc(CC2(CNC)CCC2)cn1. The van der Waals surface area contributed by atoms with Crippen molar-refractivity contribution in [1.82, 2.24) is 15.1 Å². The highest BCUT2D eigenvalue weighted by atomic mass is 15.3. The Hall–Kier alpha value is -0.830. The molecule has 1 aliphatic carbocycles. The molecule has 15 heavy (non-hydrogen) atoms. The van der Waals surface area contributed by atoms with E-state index in [0.29, 0.717) is 5.41 Å². The molecule has 2 rings (SSSR count). The first kappa shape index (κ1) is 10.7. The van der Waals surface area contributed by atoms with E-state index in [1.165, 1.54) is 31.2 Å². The summed E-state index contributed by atoms with van der Waals surface area (Å²) in [6.45, 7) is 4.24. The van der Waals surface area contributed by atoms with Crippen LogP contribution in [0.15, 0.2) is 12.4 Å². The van der Waals surface area contributed by atoms with Crippen LogP contribution in [0.1, 0.15) is 31.7 Å². The van der Waals surface area contributed by atoms with E-state index in [1.807, 2.05) is 10.9 Å². The van der Waals surface area contributed by atoms with E-state index in [1.54, 1.807) is 0 Å². The zero-order chi connectivity index (χ0) is 10.7. The lowest BCUT2D eigenvalue weighted by atomic mass is 9.65. The lowest BCUT2D eigenvalue weighted by molar-refractivity contribution is 0.133. The Morgan fingerprint density at radius 2 is 2.33 bits per heavy atom. The molecule has 0 atom stereocenters. The number of nitrogens with one attached hydrogen (secondary N) is 1. The first-order chi connectivity index (χ1) is 7.28. The van der Waals surface area contributed by atoms with Gasteiger partial charge in [0.1, 0.15) is 0 Å². The Morgan fingerprint density at radius 3 is 2.80 bits per heavy atom. The minimum absolute atomic E-state index is 0.524. The second-order valence-corrected chi connectivity index (χ2v) is 4.76. The van der Waals surface area contributed by atoms with Crippen molar-refractivity contribution in [2.24, 2.45) is 5.41 Å². The Bertz CT molecular complexity index is 312. The van der Waals surface area contributed by atoms with Crippen LogP contribution >= 0.6 is 0 Å². The number of aromatic nitrogens is 2. The summed E-state index contributed by atoms with van der Waals surface area (Å²) in [6, 6.07) is 0. The van der Waals surface area contributed by atoms with Gasteiger partial charge in [-0.25, -0.2) is 0 Å². The predicted octanol–water partition coefficient (Wildman–Crippen LogP) is 1.84. The average Bonchev–Trinajstić information content (AvgIpc) is 2.62. The van der Waals surface area contributed by atoms with Crippen molar-refractivity contribution in [2.45, 2.75) is 39.2 Å². The molecule has 1 fully saturated rings. The maximum absolute atomic E-state index is 4.33. The first-order valence-electron chi connectivity index (χ1n) is 5.94. The molecule has 1 N–H and O–H groups in total. The quantitative estimate of drug-likeness (QED) is 0.798. The summed E-state index contributed by atoms with van der Waals surface area (Å²) < 4.78 is 2.01. The third kappa shape index (κ3) is 2.23. The highest BCUT2D eigenvalue weighted by molar-refractivity contribution is 5.10. The van der Waals surface area contributed by atoms with Gasteiger partial charge in [-0.15, -0.1) is 0 Å². The van der Waals surface area contributed by atoms with E-state index in [-0.39, 0.29) is 0 Å². The Kier molecular flexibility index (Phi) is 3.10. The molecule has 3 nitrogen and oxygen atoms in total. The Balaban J connectivity index is 1.99. The second-order valence-electron chi connectivity index (χ2n) is 4.76. The van der Waals surface area contributed by atoms with Crippen molar-refractivity contribution in [3.63, 3.8) is 0 Å². The molecule has 84 valence electrons. The number of rotatable bonds is 5. The molecular formula is C12H21N3. The third-order valence-electron chi connectivity index (χ3n) is 3.56. The van der Waals surface area contributed by atoms with Crippen LogP contribution in [0.3, 0.4) is 0 Å². The van der Waals surface area contributed by atoms with Crippen LogP contribution in [0.2, 0.25) is 0 Å². The van der Waals surface area contributed by atoms with Crippen LogP contribution in [-0.4, -0.2) is 23.4 Å². The standard InChI is InChI=1S/C12H21N3/c1-3-15-9-11(8-14-15)7-12(10-13-2)5-4-6-12/h8-9,13H,3-7,10H2,1-2H3. The van der Waals surface area contributed by atoms with Crippen molar-refractivity contribution >= 4 is 0 Å². The van der Waals surface area contributed by atoms with Crippen molar-refractivity contribution in [3.05, 3.63) is 18.0 Å². The maximum atomic E-state index is 4.33. The summed E-state index contributed by atoms with van der Waals surface area (Å²) in [5, 5.41) is 7.66. The van der Waals surface area contributed by atoms with Gasteiger partial charge in [0.2, 0.25) is 0 Å². The zero-order valence-electron chi connectivity index (χ0n) is 9.79. The van der Waals surface area contributed by atoms with E-state index in [0.717, 1.165) is 13.1 Å². The molecule has 0 saturated heterocycles. The van der Waals surface area contributed by atoms with Crippen molar-refractivity contribution in [3.8, 4) is 0 Å². The van der Waals surface area contributed by atoms with Crippen molar-refractivity contribution in [2.75, 3.05) is 13.6 Å². The van der Waals surface area contributed by atoms with Gasteiger partial charge in [0, 0.05) is 19.3 Å². The van der Waals surface area contributed by atoms with Crippen LogP contribution < -0.4 is 5.32 Å². The zero-order valence-corrected chi connectivity index (χ0v) is 9.79. The Morgan fingerprint density at radius 1 is 1.53 bits per heavy atom. The molecule has 3 heteroatoms. The number of nitrogens with zero attached hydrogens (tertiary/aromatic N) is 2. The minimum atomic E-state index is 0.524. The smallest absolute Gasteiger partial charge is 0.0521 e. The summed E-state index contributed by atoms with van der Waals surface area (Å²) in [5.74, 6) is 0. The van der Waals surface area contributed by atoms with Crippen LogP contribution in [0.5, 0.6) is 0 Å². The molecule has 0 aromatic carbocycles. The molecule has 0 amide bonds. The molecule has 1 saturated carbocycles. The molecule has 1 aromatic rings. The van der Waals surface area contributed by atoms with Gasteiger partial charge in [0.25, 0.3) is 0 Å². The monoisotopic (exact) mass is 207 g/mol. The molecule has 1 aliphatic rings. The van der Waals surface area contributed by atoms with E-state index >= 15 is 0 Å². The highest BCUT2D eigenvalue weighted by Crippen LogP contribution is 2.42. The lowest BCUT2D eigenvalue weighted by Crippen LogP contribution is -2.40. The fourth-order valence-corrected chi connectivity index (χ4v) is 2.57.